The number of carbonyl (C=O) groups is 1. The molecule has 0 heterocycles. The Hall–Kier alpha value is -1.51. The summed E-state index contributed by atoms with van der Waals surface area (Å²) in [5.41, 5.74) is 1.11. The normalized spacial score (nSPS) is 12.3. The van der Waals surface area contributed by atoms with Gasteiger partial charge in [0.1, 0.15) is 5.75 Å². The molecule has 1 unspecified atom stereocenters. The Balaban J connectivity index is 2.78. The minimum absolute atomic E-state index is 0.0753. The fourth-order valence-corrected chi connectivity index (χ4v) is 2.09. The average Bonchev–Trinajstić information content (AvgIpc) is 2.37. The van der Waals surface area contributed by atoms with Crippen molar-refractivity contribution in [2.24, 2.45) is 5.92 Å². The second kappa shape index (κ2) is 7.82. The molecule has 1 atom stereocenters. The van der Waals surface area contributed by atoms with E-state index in [0.717, 1.165) is 24.2 Å². The summed E-state index contributed by atoms with van der Waals surface area (Å²) in [6.45, 7) is 6.24. The van der Waals surface area contributed by atoms with Crippen LogP contribution in [0.2, 0.25) is 0 Å². The Kier molecular flexibility index (Phi) is 6.40. The Labute approximate surface area is 116 Å². The molecule has 3 nitrogen and oxygen atoms in total. The first-order chi connectivity index (χ1) is 9.06. The van der Waals surface area contributed by atoms with Crippen molar-refractivity contribution in [3.63, 3.8) is 0 Å². The number of nitrogens with one attached hydrogen (secondary N) is 1. The SMILES string of the molecule is CCCC(NC(=O)CC(C)C)c1cccc(OC)c1. The Morgan fingerprint density at radius 1 is 1.37 bits per heavy atom. The largest absolute Gasteiger partial charge is 0.497 e. The van der Waals surface area contributed by atoms with Crippen LogP contribution in [-0.2, 0) is 4.79 Å². The van der Waals surface area contributed by atoms with Crippen molar-refractivity contribution in [1.82, 2.24) is 5.32 Å². The highest BCUT2D eigenvalue weighted by Gasteiger charge is 2.15. The summed E-state index contributed by atoms with van der Waals surface area (Å²) in [7, 11) is 1.66. The van der Waals surface area contributed by atoms with E-state index in [9.17, 15) is 4.79 Å². The van der Waals surface area contributed by atoms with Gasteiger partial charge in [-0.05, 0) is 30.0 Å². The van der Waals surface area contributed by atoms with Gasteiger partial charge in [0.25, 0.3) is 0 Å². The topological polar surface area (TPSA) is 38.3 Å². The van der Waals surface area contributed by atoms with E-state index in [1.807, 2.05) is 24.3 Å². The van der Waals surface area contributed by atoms with Gasteiger partial charge in [-0.2, -0.15) is 0 Å². The molecule has 0 aromatic heterocycles. The minimum Gasteiger partial charge on any atom is -0.497 e. The van der Waals surface area contributed by atoms with Crippen LogP contribution in [0.4, 0.5) is 0 Å². The number of rotatable bonds is 7. The zero-order valence-corrected chi connectivity index (χ0v) is 12.4. The van der Waals surface area contributed by atoms with E-state index in [2.05, 4.69) is 26.1 Å². The number of ether oxygens (including phenoxy) is 1. The molecule has 1 amide bonds. The van der Waals surface area contributed by atoms with Crippen molar-refractivity contribution in [1.29, 1.82) is 0 Å². The summed E-state index contributed by atoms with van der Waals surface area (Å²) < 4.78 is 5.24. The van der Waals surface area contributed by atoms with E-state index in [1.165, 1.54) is 0 Å². The van der Waals surface area contributed by atoms with E-state index in [0.29, 0.717) is 12.3 Å². The molecule has 0 saturated heterocycles. The highest BCUT2D eigenvalue weighted by Crippen LogP contribution is 2.23. The molecular weight excluding hydrogens is 238 g/mol. The van der Waals surface area contributed by atoms with Gasteiger partial charge in [-0.3, -0.25) is 4.79 Å². The average molecular weight is 263 g/mol. The molecule has 0 bridgehead atoms. The second-order valence-electron chi connectivity index (χ2n) is 5.28. The first-order valence-corrected chi connectivity index (χ1v) is 7.00. The lowest BCUT2D eigenvalue weighted by molar-refractivity contribution is -0.122. The predicted molar refractivity (Wildman–Crippen MR) is 78.2 cm³/mol. The van der Waals surface area contributed by atoms with Crippen LogP contribution in [0.5, 0.6) is 5.75 Å². The van der Waals surface area contributed by atoms with E-state index >= 15 is 0 Å². The van der Waals surface area contributed by atoms with E-state index in [-0.39, 0.29) is 11.9 Å². The lowest BCUT2D eigenvalue weighted by atomic mass is 10.0. The summed E-state index contributed by atoms with van der Waals surface area (Å²) in [4.78, 5) is 11.9. The van der Waals surface area contributed by atoms with Gasteiger partial charge >= 0.3 is 0 Å². The standard InChI is InChI=1S/C16H25NO2/c1-5-7-15(17-16(18)10-12(2)3)13-8-6-9-14(11-13)19-4/h6,8-9,11-12,15H,5,7,10H2,1-4H3,(H,17,18). The van der Waals surface area contributed by atoms with E-state index < -0.39 is 0 Å². The van der Waals surface area contributed by atoms with Gasteiger partial charge in [-0.1, -0.05) is 39.3 Å². The number of hydrogen-bond acceptors (Lipinski definition) is 2. The molecule has 3 heteroatoms. The molecule has 19 heavy (non-hydrogen) atoms. The van der Waals surface area contributed by atoms with Crippen LogP contribution >= 0.6 is 0 Å². The highest BCUT2D eigenvalue weighted by molar-refractivity contribution is 5.76. The summed E-state index contributed by atoms with van der Waals surface area (Å²) in [6, 6.07) is 7.99. The molecule has 0 fully saturated rings. The van der Waals surface area contributed by atoms with Crippen LogP contribution in [0.3, 0.4) is 0 Å². The van der Waals surface area contributed by atoms with Crippen molar-refractivity contribution in [3.05, 3.63) is 29.8 Å². The van der Waals surface area contributed by atoms with E-state index in [1.54, 1.807) is 7.11 Å². The molecule has 0 spiro atoms. The number of hydrogen-bond donors (Lipinski definition) is 1. The fourth-order valence-electron chi connectivity index (χ4n) is 2.09. The summed E-state index contributed by atoms with van der Waals surface area (Å²) >= 11 is 0. The van der Waals surface area contributed by atoms with Crippen molar-refractivity contribution >= 4 is 5.91 Å². The highest BCUT2D eigenvalue weighted by atomic mass is 16.5. The first kappa shape index (κ1) is 15.5. The van der Waals surface area contributed by atoms with Gasteiger partial charge < -0.3 is 10.1 Å². The minimum atomic E-state index is 0.0753. The van der Waals surface area contributed by atoms with Gasteiger partial charge in [-0.15, -0.1) is 0 Å². The molecule has 1 aromatic carbocycles. The number of methoxy groups -OCH3 is 1. The third-order valence-electron chi connectivity index (χ3n) is 3.00. The lowest BCUT2D eigenvalue weighted by Gasteiger charge is -2.20. The smallest absolute Gasteiger partial charge is 0.220 e. The molecule has 1 aromatic rings. The van der Waals surface area contributed by atoms with Gasteiger partial charge in [0.15, 0.2) is 0 Å². The van der Waals surface area contributed by atoms with Gasteiger partial charge in [0, 0.05) is 6.42 Å². The first-order valence-electron chi connectivity index (χ1n) is 7.00. The quantitative estimate of drug-likeness (QED) is 0.814. The van der Waals surface area contributed by atoms with Crippen LogP contribution in [0.1, 0.15) is 51.6 Å². The molecule has 106 valence electrons. The summed E-state index contributed by atoms with van der Waals surface area (Å²) in [5, 5.41) is 3.12. The number of benzene rings is 1. The lowest BCUT2D eigenvalue weighted by Crippen LogP contribution is -2.29. The molecule has 0 aliphatic rings. The predicted octanol–water partition coefficient (Wildman–Crippen LogP) is 3.70. The van der Waals surface area contributed by atoms with Gasteiger partial charge in [-0.25, -0.2) is 0 Å². The van der Waals surface area contributed by atoms with Crippen LogP contribution in [-0.4, -0.2) is 13.0 Å². The fraction of sp³-hybridized carbons (Fsp3) is 0.562. The van der Waals surface area contributed by atoms with Gasteiger partial charge in [0.2, 0.25) is 5.91 Å². The molecule has 0 saturated carbocycles. The molecule has 0 aliphatic heterocycles. The maximum absolute atomic E-state index is 11.9. The van der Waals surface area contributed by atoms with Crippen LogP contribution < -0.4 is 10.1 Å². The Morgan fingerprint density at radius 2 is 2.11 bits per heavy atom. The van der Waals surface area contributed by atoms with Gasteiger partial charge in [0.05, 0.1) is 13.2 Å². The van der Waals surface area contributed by atoms with Crippen LogP contribution in [0, 0.1) is 5.92 Å². The van der Waals surface area contributed by atoms with Crippen molar-refractivity contribution < 1.29 is 9.53 Å². The van der Waals surface area contributed by atoms with E-state index in [4.69, 9.17) is 4.74 Å². The summed E-state index contributed by atoms with van der Waals surface area (Å²) in [5.74, 6) is 1.33. The van der Waals surface area contributed by atoms with Crippen LogP contribution in [0.25, 0.3) is 0 Å². The van der Waals surface area contributed by atoms with Crippen molar-refractivity contribution in [3.8, 4) is 5.75 Å². The molecule has 1 N–H and O–H groups in total. The molecule has 0 radical (unpaired) electrons. The molecule has 1 rings (SSSR count). The summed E-state index contributed by atoms with van der Waals surface area (Å²) in [6.07, 6.45) is 2.55. The zero-order chi connectivity index (χ0) is 14.3. The zero-order valence-electron chi connectivity index (χ0n) is 12.4. The van der Waals surface area contributed by atoms with Crippen LogP contribution in [0.15, 0.2) is 24.3 Å². The number of carbonyl (C=O) groups excluding carboxylic acids is 1. The van der Waals surface area contributed by atoms with Crippen molar-refractivity contribution in [2.45, 2.75) is 46.1 Å². The Bertz CT molecular complexity index is 401. The molecule has 0 aliphatic carbocycles. The van der Waals surface area contributed by atoms with Crippen molar-refractivity contribution in [2.75, 3.05) is 7.11 Å². The third-order valence-corrected chi connectivity index (χ3v) is 3.00. The second-order valence-corrected chi connectivity index (χ2v) is 5.28. The molecular formula is C16H25NO2. The monoisotopic (exact) mass is 263 g/mol. The maximum Gasteiger partial charge on any atom is 0.220 e. The third kappa shape index (κ3) is 5.33. The Morgan fingerprint density at radius 3 is 2.68 bits per heavy atom. The number of amides is 1. The maximum atomic E-state index is 11.9.